The maximum atomic E-state index is 12.3. The van der Waals surface area contributed by atoms with Gasteiger partial charge < -0.3 is 19.8 Å². The zero-order chi connectivity index (χ0) is 20.7. The van der Waals surface area contributed by atoms with Gasteiger partial charge >= 0.3 is 5.69 Å². The molecule has 0 spiro atoms. The topological polar surface area (TPSA) is 113 Å². The SMILES string of the molecule is CCOc1ccc(C(C)NC(=O)CCc2c(C)[nH]c(=O)[nH]c2=O)cc1OCC. The van der Waals surface area contributed by atoms with E-state index in [0.29, 0.717) is 36.0 Å². The van der Waals surface area contributed by atoms with Crippen LogP contribution in [0.1, 0.15) is 50.1 Å². The number of hydrogen-bond donors (Lipinski definition) is 3. The Morgan fingerprint density at radius 1 is 1.11 bits per heavy atom. The monoisotopic (exact) mass is 389 g/mol. The van der Waals surface area contributed by atoms with Gasteiger partial charge in [0.2, 0.25) is 5.91 Å². The minimum Gasteiger partial charge on any atom is -0.490 e. The van der Waals surface area contributed by atoms with E-state index in [1.807, 2.05) is 39.0 Å². The zero-order valence-electron chi connectivity index (χ0n) is 16.7. The van der Waals surface area contributed by atoms with E-state index in [1.165, 1.54) is 0 Å². The van der Waals surface area contributed by atoms with E-state index in [-0.39, 0.29) is 24.8 Å². The number of aromatic nitrogens is 2. The molecule has 8 nitrogen and oxygen atoms in total. The van der Waals surface area contributed by atoms with Crippen molar-refractivity contribution >= 4 is 5.91 Å². The van der Waals surface area contributed by atoms with Crippen LogP contribution in [0.4, 0.5) is 0 Å². The molecule has 0 saturated carbocycles. The predicted molar refractivity (Wildman–Crippen MR) is 106 cm³/mol. The second-order valence-corrected chi connectivity index (χ2v) is 6.37. The Kier molecular flexibility index (Phi) is 7.43. The van der Waals surface area contributed by atoms with Gasteiger partial charge in [0.25, 0.3) is 5.56 Å². The van der Waals surface area contributed by atoms with Crippen molar-refractivity contribution in [3.05, 3.63) is 55.9 Å². The van der Waals surface area contributed by atoms with Crippen molar-refractivity contribution < 1.29 is 14.3 Å². The molecule has 0 saturated heterocycles. The minimum atomic E-state index is -0.551. The Hall–Kier alpha value is -3.03. The number of nitrogens with one attached hydrogen (secondary N) is 3. The Labute approximate surface area is 163 Å². The molecule has 1 unspecified atom stereocenters. The Morgan fingerprint density at radius 3 is 2.43 bits per heavy atom. The summed E-state index contributed by atoms with van der Waals surface area (Å²) in [6.45, 7) is 8.37. The number of aryl methyl sites for hydroxylation is 1. The molecule has 0 radical (unpaired) electrons. The molecule has 1 atom stereocenters. The molecule has 0 aliphatic rings. The van der Waals surface area contributed by atoms with Gasteiger partial charge in [-0.05, 0) is 51.8 Å². The number of carbonyl (C=O) groups excluding carboxylic acids is 1. The smallest absolute Gasteiger partial charge is 0.325 e. The summed E-state index contributed by atoms with van der Waals surface area (Å²) in [6.07, 6.45) is 0.375. The lowest BCUT2D eigenvalue weighted by atomic mass is 10.1. The zero-order valence-corrected chi connectivity index (χ0v) is 16.7. The molecule has 1 heterocycles. The number of hydrogen-bond acceptors (Lipinski definition) is 5. The van der Waals surface area contributed by atoms with Crippen molar-refractivity contribution in [2.75, 3.05) is 13.2 Å². The Balaban J connectivity index is 2.03. The largest absolute Gasteiger partial charge is 0.490 e. The van der Waals surface area contributed by atoms with E-state index in [1.54, 1.807) is 6.92 Å². The van der Waals surface area contributed by atoms with Crippen LogP contribution in [0, 0.1) is 6.92 Å². The summed E-state index contributed by atoms with van der Waals surface area (Å²) in [5, 5.41) is 2.92. The van der Waals surface area contributed by atoms with E-state index >= 15 is 0 Å². The van der Waals surface area contributed by atoms with Gasteiger partial charge in [-0.15, -0.1) is 0 Å². The van der Waals surface area contributed by atoms with Crippen molar-refractivity contribution in [3.8, 4) is 11.5 Å². The molecular weight excluding hydrogens is 362 g/mol. The predicted octanol–water partition coefficient (Wildman–Crippen LogP) is 1.98. The number of aromatic amines is 2. The first-order valence-electron chi connectivity index (χ1n) is 9.36. The van der Waals surface area contributed by atoms with E-state index < -0.39 is 11.2 Å². The lowest BCUT2D eigenvalue weighted by Gasteiger charge is -2.17. The van der Waals surface area contributed by atoms with Crippen LogP contribution in [0.5, 0.6) is 11.5 Å². The van der Waals surface area contributed by atoms with E-state index in [9.17, 15) is 14.4 Å². The molecule has 28 heavy (non-hydrogen) atoms. The second kappa shape index (κ2) is 9.77. The van der Waals surface area contributed by atoms with Crippen LogP contribution < -0.4 is 26.0 Å². The standard InChI is InChI=1S/C20H27N3O5/c1-5-27-16-9-7-14(11-17(16)28-6-2)12(3)21-18(24)10-8-15-13(4)22-20(26)23-19(15)25/h7,9,11-12H,5-6,8,10H2,1-4H3,(H,21,24)(H2,22,23,25,26). The summed E-state index contributed by atoms with van der Waals surface area (Å²) in [5.74, 6) is 1.11. The van der Waals surface area contributed by atoms with Crippen molar-refractivity contribution in [2.24, 2.45) is 0 Å². The van der Waals surface area contributed by atoms with Crippen LogP contribution in [0.2, 0.25) is 0 Å². The van der Waals surface area contributed by atoms with Crippen LogP contribution in [-0.2, 0) is 11.2 Å². The summed E-state index contributed by atoms with van der Waals surface area (Å²) in [4.78, 5) is 40.1. The summed E-state index contributed by atoms with van der Waals surface area (Å²) in [6, 6.07) is 5.33. The van der Waals surface area contributed by atoms with Crippen molar-refractivity contribution in [1.82, 2.24) is 15.3 Å². The van der Waals surface area contributed by atoms with Gasteiger partial charge in [-0.1, -0.05) is 6.07 Å². The van der Waals surface area contributed by atoms with Crippen molar-refractivity contribution in [2.45, 2.75) is 46.6 Å². The van der Waals surface area contributed by atoms with Crippen LogP contribution in [0.25, 0.3) is 0 Å². The Morgan fingerprint density at radius 2 is 1.79 bits per heavy atom. The summed E-state index contributed by atoms with van der Waals surface area (Å²) in [5.41, 5.74) is 0.753. The van der Waals surface area contributed by atoms with Gasteiger partial charge in [-0.3, -0.25) is 14.6 Å². The third-order valence-corrected chi connectivity index (χ3v) is 4.30. The summed E-state index contributed by atoms with van der Waals surface area (Å²) >= 11 is 0. The first-order valence-corrected chi connectivity index (χ1v) is 9.36. The second-order valence-electron chi connectivity index (χ2n) is 6.37. The molecule has 8 heteroatoms. The van der Waals surface area contributed by atoms with Gasteiger partial charge in [-0.25, -0.2) is 4.79 Å². The number of H-pyrrole nitrogens is 2. The Bertz CT molecular complexity index is 932. The van der Waals surface area contributed by atoms with Crippen LogP contribution in [0.15, 0.2) is 27.8 Å². The number of carbonyl (C=O) groups is 1. The third-order valence-electron chi connectivity index (χ3n) is 4.30. The molecule has 0 bridgehead atoms. The molecule has 1 amide bonds. The fourth-order valence-corrected chi connectivity index (χ4v) is 2.90. The van der Waals surface area contributed by atoms with E-state index in [4.69, 9.17) is 9.47 Å². The average molecular weight is 389 g/mol. The first-order chi connectivity index (χ1) is 13.3. The van der Waals surface area contributed by atoms with E-state index in [0.717, 1.165) is 5.56 Å². The first kappa shape index (κ1) is 21.3. The average Bonchev–Trinajstić information content (AvgIpc) is 2.62. The maximum Gasteiger partial charge on any atom is 0.325 e. The fourth-order valence-electron chi connectivity index (χ4n) is 2.90. The normalized spacial score (nSPS) is 11.7. The maximum absolute atomic E-state index is 12.3. The molecule has 152 valence electrons. The molecule has 1 aromatic carbocycles. The van der Waals surface area contributed by atoms with Crippen LogP contribution in [-0.4, -0.2) is 29.1 Å². The highest BCUT2D eigenvalue weighted by molar-refractivity contribution is 5.76. The number of rotatable bonds is 9. The molecule has 1 aromatic heterocycles. The fraction of sp³-hybridized carbons (Fsp3) is 0.450. The molecular formula is C20H27N3O5. The highest BCUT2D eigenvalue weighted by Gasteiger charge is 2.14. The van der Waals surface area contributed by atoms with Crippen LogP contribution in [0.3, 0.4) is 0 Å². The summed E-state index contributed by atoms with van der Waals surface area (Å²) in [7, 11) is 0. The lowest BCUT2D eigenvalue weighted by Crippen LogP contribution is -2.30. The molecule has 0 aliphatic carbocycles. The third kappa shape index (κ3) is 5.48. The van der Waals surface area contributed by atoms with Crippen molar-refractivity contribution in [1.29, 1.82) is 0 Å². The number of ether oxygens (including phenoxy) is 2. The molecule has 2 aromatic rings. The van der Waals surface area contributed by atoms with Gasteiger partial charge in [0.05, 0.1) is 19.3 Å². The number of amides is 1. The molecule has 3 N–H and O–H groups in total. The van der Waals surface area contributed by atoms with Crippen molar-refractivity contribution in [3.63, 3.8) is 0 Å². The van der Waals surface area contributed by atoms with Crippen LogP contribution >= 0.6 is 0 Å². The molecule has 0 fully saturated rings. The highest BCUT2D eigenvalue weighted by atomic mass is 16.5. The number of benzene rings is 1. The van der Waals surface area contributed by atoms with Gasteiger partial charge in [-0.2, -0.15) is 0 Å². The van der Waals surface area contributed by atoms with Gasteiger partial charge in [0.1, 0.15) is 0 Å². The molecule has 0 aliphatic heterocycles. The van der Waals surface area contributed by atoms with E-state index in [2.05, 4.69) is 15.3 Å². The van der Waals surface area contributed by atoms with Gasteiger partial charge in [0, 0.05) is 17.7 Å². The highest BCUT2D eigenvalue weighted by Crippen LogP contribution is 2.30. The quantitative estimate of drug-likeness (QED) is 0.607. The summed E-state index contributed by atoms with van der Waals surface area (Å²) < 4.78 is 11.2. The lowest BCUT2D eigenvalue weighted by molar-refractivity contribution is -0.121. The van der Waals surface area contributed by atoms with Gasteiger partial charge in [0.15, 0.2) is 11.5 Å². The minimum absolute atomic E-state index is 0.135. The molecule has 2 rings (SSSR count).